The van der Waals surface area contributed by atoms with E-state index in [0.29, 0.717) is 0 Å². The van der Waals surface area contributed by atoms with Crippen LogP contribution in [-0.4, -0.2) is 40.3 Å². The predicted octanol–water partition coefficient (Wildman–Crippen LogP) is 2.73. The number of fused-ring (bicyclic) bond motifs is 1. The van der Waals surface area contributed by atoms with E-state index in [1.807, 2.05) is 24.5 Å². The van der Waals surface area contributed by atoms with Gasteiger partial charge in [-0.1, -0.05) is 11.3 Å². The SMILES string of the molecule is COc1ccc(-c2nn3c(CSC)nnc3s2)c(OC)c1. The third kappa shape index (κ3) is 2.56. The van der Waals surface area contributed by atoms with Crippen molar-refractivity contribution in [2.24, 2.45) is 0 Å². The van der Waals surface area contributed by atoms with Crippen LogP contribution >= 0.6 is 23.1 Å². The largest absolute Gasteiger partial charge is 0.497 e. The Bertz CT molecular complexity index is 769. The van der Waals surface area contributed by atoms with Gasteiger partial charge in [0.15, 0.2) is 10.8 Å². The number of hydrogen-bond donors (Lipinski definition) is 0. The molecule has 0 radical (unpaired) electrons. The van der Waals surface area contributed by atoms with E-state index in [9.17, 15) is 0 Å². The predicted molar refractivity (Wildman–Crippen MR) is 84.4 cm³/mol. The Labute approximate surface area is 130 Å². The summed E-state index contributed by atoms with van der Waals surface area (Å²) in [7, 11) is 3.27. The smallest absolute Gasteiger partial charge is 0.235 e. The Hall–Kier alpha value is -1.80. The van der Waals surface area contributed by atoms with Crippen LogP contribution in [0, 0.1) is 0 Å². The van der Waals surface area contributed by atoms with Crippen molar-refractivity contribution in [3.05, 3.63) is 24.0 Å². The molecule has 0 fully saturated rings. The van der Waals surface area contributed by atoms with Crippen LogP contribution in [0.3, 0.4) is 0 Å². The fraction of sp³-hybridized carbons (Fsp3) is 0.308. The van der Waals surface area contributed by atoms with Crippen LogP contribution in [0.5, 0.6) is 11.5 Å². The summed E-state index contributed by atoms with van der Waals surface area (Å²) in [6, 6.07) is 5.68. The van der Waals surface area contributed by atoms with Crippen molar-refractivity contribution in [3.63, 3.8) is 0 Å². The molecule has 6 nitrogen and oxygen atoms in total. The summed E-state index contributed by atoms with van der Waals surface area (Å²) in [5.74, 6) is 3.12. The van der Waals surface area contributed by atoms with E-state index in [2.05, 4.69) is 15.3 Å². The average Bonchev–Trinajstić information content (AvgIpc) is 3.08. The molecular weight excluding hydrogens is 308 g/mol. The van der Waals surface area contributed by atoms with Crippen molar-refractivity contribution in [2.75, 3.05) is 20.5 Å². The number of methoxy groups -OCH3 is 2. The highest BCUT2D eigenvalue weighted by molar-refractivity contribution is 7.97. The first-order valence-electron chi connectivity index (χ1n) is 6.19. The summed E-state index contributed by atoms with van der Waals surface area (Å²) in [6.45, 7) is 0. The van der Waals surface area contributed by atoms with E-state index in [-0.39, 0.29) is 0 Å². The van der Waals surface area contributed by atoms with Crippen molar-refractivity contribution >= 4 is 28.1 Å². The Morgan fingerprint density at radius 1 is 1.24 bits per heavy atom. The summed E-state index contributed by atoms with van der Waals surface area (Å²) in [5, 5.41) is 13.8. The molecule has 0 N–H and O–H groups in total. The minimum absolute atomic E-state index is 0.728. The number of ether oxygens (including phenoxy) is 2. The highest BCUT2D eigenvalue weighted by Gasteiger charge is 2.16. The van der Waals surface area contributed by atoms with Crippen molar-refractivity contribution < 1.29 is 9.47 Å². The molecule has 0 unspecified atom stereocenters. The van der Waals surface area contributed by atoms with Gasteiger partial charge in [0.2, 0.25) is 4.96 Å². The summed E-state index contributed by atoms with van der Waals surface area (Å²) >= 11 is 3.18. The fourth-order valence-electron chi connectivity index (χ4n) is 1.96. The van der Waals surface area contributed by atoms with Gasteiger partial charge in [-0.15, -0.1) is 10.2 Å². The molecule has 0 saturated carbocycles. The molecule has 0 aliphatic carbocycles. The van der Waals surface area contributed by atoms with Crippen molar-refractivity contribution in [1.29, 1.82) is 0 Å². The van der Waals surface area contributed by atoms with Gasteiger partial charge >= 0.3 is 0 Å². The Morgan fingerprint density at radius 3 is 2.81 bits per heavy atom. The van der Waals surface area contributed by atoms with Gasteiger partial charge in [-0.2, -0.15) is 21.4 Å². The topological polar surface area (TPSA) is 61.5 Å². The lowest BCUT2D eigenvalue weighted by Gasteiger charge is -2.07. The summed E-state index contributed by atoms with van der Waals surface area (Å²) in [4.78, 5) is 0.784. The standard InChI is InChI=1S/C13H14N4O2S2/c1-18-8-4-5-9(10(6-8)19-2)12-16-17-11(7-20-3)14-15-13(17)21-12/h4-6H,7H2,1-3H3. The van der Waals surface area contributed by atoms with Crippen molar-refractivity contribution in [1.82, 2.24) is 19.8 Å². The molecule has 0 amide bonds. The first kappa shape index (κ1) is 14.2. The van der Waals surface area contributed by atoms with Crippen LogP contribution in [0.1, 0.15) is 5.82 Å². The highest BCUT2D eigenvalue weighted by atomic mass is 32.2. The maximum Gasteiger partial charge on any atom is 0.235 e. The van der Waals surface area contributed by atoms with Gasteiger partial charge < -0.3 is 9.47 Å². The van der Waals surface area contributed by atoms with Gasteiger partial charge in [0.25, 0.3) is 0 Å². The monoisotopic (exact) mass is 322 g/mol. The van der Waals surface area contributed by atoms with Crippen LogP contribution in [-0.2, 0) is 5.75 Å². The highest BCUT2D eigenvalue weighted by Crippen LogP contribution is 2.35. The third-order valence-electron chi connectivity index (χ3n) is 2.97. The molecule has 21 heavy (non-hydrogen) atoms. The van der Waals surface area contributed by atoms with Crippen LogP contribution in [0.15, 0.2) is 18.2 Å². The molecule has 0 aliphatic heterocycles. The second-order valence-electron chi connectivity index (χ2n) is 4.22. The molecular formula is C13H14N4O2S2. The second-order valence-corrected chi connectivity index (χ2v) is 6.04. The molecule has 2 aromatic heterocycles. The van der Waals surface area contributed by atoms with E-state index < -0.39 is 0 Å². The molecule has 110 valence electrons. The van der Waals surface area contributed by atoms with Crippen LogP contribution in [0.4, 0.5) is 0 Å². The molecule has 2 heterocycles. The normalized spacial score (nSPS) is 11.0. The molecule has 1 aromatic carbocycles. The third-order valence-corrected chi connectivity index (χ3v) is 4.45. The Balaban J connectivity index is 2.07. The van der Waals surface area contributed by atoms with E-state index in [1.165, 1.54) is 11.3 Å². The molecule has 0 atom stereocenters. The van der Waals surface area contributed by atoms with Crippen LogP contribution in [0.2, 0.25) is 0 Å². The van der Waals surface area contributed by atoms with Crippen LogP contribution < -0.4 is 9.47 Å². The quantitative estimate of drug-likeness (QED) is 0.720. The number of benzene rings is 1. The number of thioether (sulfide) groups is 1. The number of nitrogens with zero attached hydrogens (tertiary/aromatic N) is 4. The zero-order valence-electron chi connectivity index (χ0n) is 11.9. The van der Waals surface area contributed by atoms with Gasteiger partial charge in [-0.05, 0) is 18.4 Å². The van der Waals surface area contributed by atoms with E-state index in [0.717, 1.165) is 38.6 Å². The first-order valence-corrected chi connectivity index (χ1v) is 8.40. The first-order chi connectivity index (χ1) is 10.3. The lowest BCUT2D eigenvalue weighted by Crippen LogP contribution is -1.94. The lowest BCUT2D eigenvalue weighted by atomic mass is 10.2. The maximum atomic E-state index is 5.43. The molecule has 3 aromatic rings. The van der Waals surface area contributed by atoms with Gasteiger partial charge in [-0.3, -0.25) is 0 Å². The summed E-state index contributed by atoms with van der Waals surface area (Å²) in [6.07, 6.45) is 2.03. The number of hydrogen-bond acceptors (Lipinski definition) is 7. The Morgan fingerprint density at radius 2 is 2.10 bits per heavy atom. The van der Waals surface area contributed by atoms with Gasteiger partial charge in [0.1, 0.15) is 11.5 Å². The molecule has 8 heteroatoms. The number of rotatable bonds is 5. The zero-order chi connectivity index (χ0) is 14.8. The molecule has 0 aliphatic rings. The summed E-state index contributed by atoms with van der Waals surface area (Å²) < 4.78 is 12.4. The lowest BCUT2D eigenvalue weighted by molar-refractivity contribution is 0.395. The fourth-order valence-corrected chi connectivity index (χ4v) is 3.29. The van der Waals surface area contributed by atoms with Gasteiger partial charge in [0, 0.05) is 6.07 Å². The Kier molecular flexibility index (Phi) is 3.98. The van der Waals surface area contributed by atoms with E-state index in [1.54, 1.807) is 30.5 Å². The minimum Gasteiger partial charge on any atom is -0.497 e. The van der Waals surface area contributed by atoms with Gasteiger partial charge in [0.05, 0.1) is 25.5 Å². The molecule has 0 spiro atoms. The molecule has 0 bridgehead atoms. The van der Waals surface area contributed by atoms with Crippen LogP contribution in [0.25, 0.3) is 15.5 Å². The molecule has 3 rings (SSSR count). The molecule has 0 saturated heterocycles. The second kappa shape index (κ2) is 5.90. The van der Waals surface area contributed by atoms with Crippen molar-refractivity contribution in [3.8, 4) is 22.1 Å². The minimum atomic E-state index is 0.728. The maximum absolute atomic E-state index is 5.43. The zero-order valence-corrected chi connectivity index (χ0v) is 13.5. The summed E-state index contributed by atoms with van der Waals surface area (Å²) in [5.41, 5.74) is 0.920. The van der Waals surface area contributed by atoms with Crippen molar-refractivity contribution in [2.45, 2.75) is 5.75 Å². The van der Waals surface area contributed by atoms with Gasteiger partial charge in [-0.25, -0.2) is 0 Å². The van der Waals surface area contributed by atoms with E-state index in [4.69, 9.17) is 9.47 Å². The average molecular weight is 322 g/mol. The van der Waals surface area contributed by atoms with E-state index >= 15 is 0 Å². The number of aromatic nitrogens is 4.